The Bertz CT molecular complexity index is 374. The van der Waals surface area contributed by atoms with Crippen molar-refractivity contribution in [2.75, 3.05) is 33.0 Å². The fraction of sp³-hybridized carbons (Fsp3) is 0.500. The van der Waals surface area contributed by atoms with Gasteiger partial charge < -0.3 is 24.4 Å². The zero-order valence-corrected chi connectivity index (χ0v) is 14.9. The van der Waals surface area contributed by atoms with Crippen LogP contribution in [0.25, 0.3) is 0 Å². The van der Waals surface area contributed by atoms with Crippen molar-refractivity contribution in [1.82, 2.24) is 0 Å². The molecule has 0 aliphatic carbocycles. The number of ether oxygens (including phenoxy) is 3. The van der Waals surface area contributed by atoms with Crippen LogP contribution in [0.5, 0.6) is 0 Å². The van der Waals surface area contributed by atoms with E-state index >= 15 is 0 Å². The van der Waals surface area contributed by atoms with Crippen LogP contribution < -0.4 is 0 Å². The average Bonchev–Trinajstić information content (AvgIpc) is 2.53. The number of rotatable bonds is 12. The first-order valence-corrected chi connectivity index (χ1v) is 6.97. The van der Waals surface area contributed by atoms with E-state index in [0.717, 1.165) is 5.56 Å². The summed E-state index contributed by atoms with van der Waals surface area (Å²) >= 11 is 0. The Hall–Kier alpha value is -0.591. The quantitative estimate of drug-likeness (QED) is 0.341. The largest absolute Gasteiger partial charge is 0.394 e. The minimum Gasteiger partial charge on any atom is -0.394 e. The van der Waals surface area contributed by atoms with E-state index in [-0.39, 0.29) is 39.4 Å². The molecule has 0 aromatic heterocycles. The van der Waals surface area contributed by atoms with Gasteiger partial charge in [0, 0.05) is 20.1 Å². The molecule has 2 unspecified atom stereocenters. The summed E-state index contributed by atoms with van der Waals surface area (Å²) in [5.74, 6) is 0. The van der Waals surface area contributed by atoms with Crippen molar-refractivity contribution < 1.29 is 44.5 Å². The van der Waals surface area contributed by atoms with Crippen LogP contribution in [0.1, 0.15) is 5.56 Å². The molecule has 0 aliphatic rings. The standard InChI is InChI=1S/C16H24O5.Ir/c1-2-8-19-12-16(13-20-11-15(18)9-17)21-10-14-6-4-3-5-7-14;/h2-7,15-18H,1,8-13H2;. The second-order valence-corrected chi connectivity index (χ2v) is 4.62. The molecule has 1 radical (unpaired) electrons. The van der Waals surface area contributed by atoms with E-state index in [1.807, 2.05) is 30.3 Å². The molecule has 5 nitrogen and oxygen atoms in total. The third kappa shape index (κ3) is 10.2. The van der Waals surface area contributed by atoms with E-state index in [1.54, 1.807) is 6.08 Å². The Labute approximate surface area is 145 Å². The summed E-state index contributed by atoms with van der Waals surface area (Å²) in [6.45, 7) is 4.94. The topological polar surface area (TPSA) is 68.2 Å². The van der Waals surface area contributed by atoms with Crippen molar-refractivity contribution in [1.29, 1.82) is 0 Å². The molecule has 1 rings (SSSR count). The van der Waals surface area contributed by atoms with Crippen LogP contribution in [0.3, 0.4) is 0 Å². The van der Waals surface area contributed by atoms with Crippen molar-refractivity contribution in [3.8, 4) is 0 Å². The Morgan fingerprint density at radius 2 is 1.77 bits per heavy atom. The fourth-order valence-corrected chi connectivity index (χ4v) is 1.60. The summed E-state index contributed by atoms with van der Waals surface area (Å²) < 4.78 is 16.5. The minimum atomic E-state index is -0.867. The molecule has 6 heteroatoms. The van der Waals surface area contributed by atoms with Crippen LogP contribution in [-0.4, -0.2) is 55.5 Å². The van der Waals surface area contributed by atoms with Gasteiger partial charge in [0.1, 0.15) is 12.2 Å². The Morgan fingerprint density at radius 1 is 1.09 bits per heavy atom. The summed E-state index contributed by atoms with van der Waals surface area (Å²) in [5, 5.41) is 18.0. The third-order valence-corrected chi connectivity index (χ3v) is 2.69. The van der Waals surface area contributed by atoms with Crippen molar-refractivity contribution in [3.05, 3.63) is 48.6 Å². The van der Waals surface area contributed by atoms with E-state index < -0.39 is 6.10 Å². The van der Waals surface area contributed by atoms with Gasteiger partial charge in [-0.1, -0.05) is 36.4 Å². The van der Waals surface area contributed by atoms with Gasteiger partial charge >= 0.3 is 0 Å². The molecule has 0 aliphatic heterocycles. The predicted molar refractivity (Wildman–Crippen MR) is 79.9 cm³/mol. The molecule has 1 aromatic carbocycles. The number of benzene rings is 1. The first-order valence-electron chi connectivity index (χ1n) is 6.97. The third-order valence-electron chi connectivity index (χ3n) is 2.69. The number of hydrogen-bond acceptors (Lipinski definition) is 5. The van der Waals surface area contributed by atoms with Crippen molar-refractivity contribution in [3.63, 3.8) is 0 Å². The maximum Gasteiger partial charge on any atom is 0.105 e. The molecule has 0 bridgehead atoms. The van der Waals surface area contributed by atoms with Crippen molar-refractivity contribution in [2.24, 2.45) is 0 Å². The normalized spacial score (nSPS) is 13.2. The second-order valence-electron chi connectivity index (χ2n) is 4.62. The Morgan fingerprint density at radius 3 is 2.41 bits per heavy atom. The molecule has 22 heavy (non-hydrogen) atoms. The van der Waals surface area contributed by atoms with Gasteiger partial charge in [-0.25, -0.2) is 0 Å². The fourth-order valence-electron chi connectivity index (χ4n) is 1.60. The molecular weight excluding hydrogens is 464 g/mol. The molecule has 1 aromatic rings. The van der Waals surface area contributed by atoms with E-state index in [0.29, 0.717) is 26.4 Å². The van der Waals surface area contributed by atoms with E-state index in [9.17, 15) is 5.11 Å². The van der Waals surface area contributed by atoms with Gasteiger partial charge in [-0.2, -0.15) is 0 Å². The average molecular weight is 489 g/mol. The van der Waals surface area contributed by atoms with E-state index in [1.165, 1.54) is 0 Å². The molecule has 0 spiro atoms. The van der Waals surface area contributed by atoms with Crippen LogP contribution in [-0.2, 0) is 40.9 Å². The first-order chi connectivity index (χ1) is 10.3. The summed E-state index contributed by atoms with van der Waals surface area (Å²) in [6, 6.07) is 9.83. The minimum absolute atomic E-state index is 0. The predicted octanol–water partition coefficient (Wildman–Crippen LogP) is 1.14. The number of aliphatic hydroxyl groups is 2. The molecular formula is C16H24IrO5. The number of aliphatic hydroxyl groups excluding tert-OH is 2. The van der Waals surface area contributed by atoms with Gasteiger partial charge in [-0.05, 0) is 5.56 Å². The molecule has 127 valence electrons. The van der Waals surface area contributed by atoms with Gasteiger partial charge in [0.2, 0.25) is 0 Å². The SMILES string of the molecule is C=CCOCC(COCC(O)CO)OCc1ccccc1.[Ir]. The van der Waals surface area contributed by atoms with Crippen LogP contribution >= 0.6 is 0 Å². The van der Waals surface area contributed by atoms with Crippen LogP contribution in [0.4, 0.5) is 0 Å². The van der Waals surface area contributed by atoms with E-state index in [2.05, 4.69) is 6.58 Å². The Balaban J connectivity index is 0.00000441. The second kappa shape index (κ2) is 14.0. The van der Waals surface area contributed by atoms with E-state index in [4.69, 9.17) is 19.3 Å². The maximum atomic E-state index is 9.23. The van der Waals surface area contributed by atoms with Gasteiger partial charge in [0.25, 0.3) is 0 Å². The van der Waals surface area contributed by atoms with Gasteiger partial charge in [-0.15, -0.1) is 6.58 Å². The summed E-state index contributed by atoms with van der Waals surface area (Å²) in [5.41, 5.74) is 1.07. The molecule has 0 saturated carbocycles. The maximum absolute atomic E-state index is 9.23. The number of hydrogen-bond donors (Lipinski definition) is 2. The smallest absolute Gasteiger partial charge is 0.105 e. The molecule has 0 fully saturated rings. The summed E-state index contributed by atoms with van der Waals surface area (Å²) in [7, 11) is 0. The van der Waals surface area contributed by atoms with Crippen LogP contribution in [0, 0.1) is 0 Å². The van der Waals surface area contributed by atoms with Crippen molar-refractivity contribution in [2.45, 2.75) is 18.8 Å². The van der Waals surface area contributed by atoms with Crippen LogP contribution in [0.15, 0.2) is 43.0 Å². The first kappa shape index (κ1) is 21.4. The molecule has 0 heterocycles. The summed E-state index contributed by atoms with van der Waals surface area (Å²) in [4.78, 5) is 0. The van der Waals surface area contributed by atoms with Crippen molar-refractivity contribution >= 4 is 0 Å². The van der Waals surface area contributed by atoms with Gasteiger partial charge in [0.05, 0.1) is 39.6 Å². The molecule has 0 amide bonds. The molecule has 2 atom stereocenters. The zero-order valence-electron chi connectivity index (χ0n) is 12.5. The molecule has 0 saturated heterocycles. The monoisotopic (exact) mass is 489 g/mol. The van der Waals surface area contributed by atoms with Gasteiger partial charge in [-0.3, -0.25) is 0 Å². The summed E-state index contributed by atoms with van der Waals surface area (Å²) in [6.07, 6.45) is 0.565. The van der Waals surface area contributed by atoms with Gasteiger partial charge in [0.15, 0.2) is 0 Å². The Kier molecular flexibility index (Phi) is 13.7. The molecule has 2 N–H and O–H groups in total. The van der Waals surface area contributed by atoms with Crippen LogP contribution in [0.2, 0.25) is 0 Å². The zero-order chi connectivity index (χ0) is 15.3.